The highest BCUT2D eigenvalue weighted by Crippen LogP contribution is 2.44. The van der Waals surface area contributed by atoms with Gasteiger partial charge in [-0.3, -0.25) is 9.36 Å². The summed E-state index contributed by atoms with van der Waals surface area (Å²) in [4.78, 5) is 24.9. The van der Waals surface area contributed by atoms with Gasteiger partial charge >= 0.3 is 0 Å². The number of fused-ring (bicyclic) bond motifs is 2. The predicted octanol–water partition coefficient (Wildman–Crippen LogP) is 1.11. The van der Waals surface area contributed by atoms with E-state index in [0.717, 1.165) is 0 Å². The van der Waals surface area contributed by atoms with Gasteiger partial charge in [-0.2, -0.15) is 0 Å². The number of ether oxygens (including phenoxy) is 3. The summed E-state index contributed by atoms with van der Waals surface area (Å²) >= 11 is 1.21. The summed E-state index contributed by atoms with van der Waals surface area (Å²) in [7, 11) is 0. The minimum absolute atomic E-state index is 0.0696. The van der Waals surface area contributed by atoms with E-state index >= 15 is 0 Å². The Hall–Kier alpha value is -1.75. The number of nitrogens with two attached hydrogens (primary N) is 1. The fourth-order valence-corrected chi connectivity index (χ4v) is 3.91. The third-order valence-electron chi connectivity index (χ3n) is 4.21. The number of hydrogen-bond donors (Lipinski definition) is 1. The molecule has 4 rings (SSSR count). The molecule has 2 aliphatic heterocycles. The van der Waals surface area contributed by atoms with Crippen LogP contribution < -0.4 is 5.73 Å². The average Bonchev–Trinajstić information content (AvgIpc) is 3.18. The maximum absolute atomic E-state index is 12.5. The molecule has 10 heteroatoms. The molecule has 134 valence electrons. The summed E-state index contributed by atoms with van der Waals surface area (Å²) in [5.41, 5.74) is 6.87. The summed E-state index contributed by atoms with van der Waals surface area (Å²) in [6.07, 6.45) is 0.716. The van der Waals surface area contributed by atoms with Crippen molar-refractivity contribution in [2.75, 3.05) is 11.5 Å². The van der Waals surface area contributed by atoms with Crippen LogP contribution in [0.5, 0.6) is 0 Å². The molecule has 25 heavy (non-hydrogen) atoms. The quantitative estimate of drug-likeness (QED) is 0.854. The molecule has 2 fully saturated rings. The van der Waals surface area contributed by atoms with Gasteiger partial charge in [0.1, 0.15) is 24.1 Å². The number of rotatable bonds is 3. The van der Waals surface area contributed by atoms with Crippen LogP contribution in [0.1, 0.15) is 27.0 Å². The van der Waals surface area contributed by atoms with Gasteiger partial charge in [0.25, 0.3) is 0 Å². The molecule has 9 nitrogen and oxygen atoms in total. The summed E-state index contributed by atoms with van der Waals surface area (Å²) in [5.74, 6) is 0.163. The van der Waals surface area contributed by atoms with E-state index in [9.17, 15) is 4.79 Å². The lowest BCUT2D eigenvalue weighted by atomic mass is 10.1. The molecule has 4 heterocycles. The summed E-state index contributed by atoms with van der Waals surface area (Å²) in [6, 6.07) is 0. The molecule has 0 aliphatic carbocycles. The maximum atomic E-state index is 12.5. The van der Waals surface area contributed by atoms with E-state index in [1.54, 1.807) is 10.9 Å². The summed E-state index contributed by atoms with van der Waals surface area (Å²) < 4.78 is 19.7. The lowest BCUT2D eigenvalue weighted by molar-refractivity contribution is -0.195. The molecule has 2 N–H and O–H groups in total. The second kappa shape index (κ2) is 5.90. The monoisotopic (exact) mass is 365 g/mol. The van der Waals surface area contributed by atoms with Crippen LogP contribution in [0, 0.1) is 0 Å². The third-order valence-corrected chi connectivity index (χ3v) is 5.01. The van der Waals surface area contributed by atoms with E-state index in [1.165, 1.54) is 18.1 Å². The molecular weight excluding hydrogens is 346 g/mol. The second-order valence-corrected chi connectivity index (χ2v) is 7.62. The summed E-state index contributed by atoms with van der Waals surface area (Å²) in [5, 5.41) is -0.0696. The molecule has 0 bridgehead atoms. The van der Waals surface area contributed by atoms with Crippen LogP contribution in [0.25, 0.3) is 11.2 Å². The van der Waals surface area contributed by atoms with Gasteiger partial charge < -0.3 is 19.9 Å². The smallest absolute Gasteiger partial charge is 0.220 e. The highest BCUT2D eigenvalue weighted by Gasteiger charge is 2.58. The number of carbonyl (C=O) groups is 1. The van der Waals surface area contributed by atoms with Crippen LogP contribution in [-0.4, -0.2) is 54.5 Å². The highest BCUT2D eigenvalue weighted by molar-refractivity contribution is 8.13. The zero-order valence-corrected chi connectivity index (χ0v) is 14.9. The molecular formula is C15H19N5O4S. The molecule has 4 atom stereocenters. The SMILES string of the molecule is CCSC(=O)C1OC(n2cnc3c(N)ncnc32)C2OC(C)(C)OC12. The molecule has 4 unspecified atom stereocenters. The Morgan fingerprint density at radius 1 is 1.32 bits per heavy atom. The number of nitrogens with zero attached hydrogens (tertiary/aromatic N) is 4. The minimum Gasteiger partial charge on any atom is -0.382 e. The van der Waals surface area contributed by atoms with Gasteiger partial charge in [-0.15, -0.1) is 0 Å². The lowest BCUT2D eigenvalue weighted by Crippen LogP contribution is -2.34. The van der Waals surface area contributed by atoms with Crippen LogP contribution in [-0.2, 0) is 19.0 Å². The fraction of sp³-hybridized carbons (Fsp3) is 0.600. The molecule has 2 aromatic rings. The average molecular weight is 365 g/mol. The first-order chi connectivity index (χ1) is 11.9. The predicted molar refractivity (Wildman–Crippen MR) is 90.6 cm³/mol. The number of carbonyl (C=O) groups excluding carboxylic acids is 1. The topological polar surface area (TPSA) is 114 Å². The number of hydrogen-bond acceptors (Lipinski definition) is 9. The first-order valence-electron chi connectivity index (χ1n) is 8.02. The van der Waals surface area contributed by atoms with Crippen molar-refractivity contribution in [3.63, 3.8) is 0 Å². The molecule has 0 amide bonds. The van der Waals surface area contributed by atoms with E-state index in [-0.39, 0.29) is 10.9 Å². The largest absolute Gasteiger partial charge is 0.382 e. The van der Waals surface area contributed by atoms with Crippen LogP contribution in [0.2, 0.25) is 0 Å². The molecule has 0 radical (unpaired) electrons. The Bertz CT molecular complexity index is 825. The normalized spacial score (nSPS) is 30.7. The van der Waals surface area contributed by atoms with E-state index < -0.39 is 30.3 Å². The van der Waals surface area contributed by atoms with Gasteiger partial charge in [-0.1, -0.05) is 18.7 Å². The number of aromatic nitrogens is 4. The first-order valence-corrected chi connectivity index (χ1v) is 9.00. The summed E-state index contributed by atoms with van der Waals surface area (Å²) in [6.45, 7) is 5.57. The number of anilines is 1. The Morgan fingerprint density at radius 3 is 2.84 bits per heavy atom. The van der Waals surface area contributed by atoms with Crippen molar-refractivity contribution in [1.29, 1.82) is 0 Å². The molecule has 2 saturated heterocycles. The van der Waals surface area contributed by atoms with Crippen LogP contribution >= 0.6 is 11.8 Å². The number of thioether (sulfide) groups is 1. The van der Waals surface area contributed by atoms with E-state index in [2.05, 4.69) is 15.0 Å². The van der Waals surface area contributed by atoms with Crippen molar-refractivity contribution in [3.8, 4) is 0 Å². The minimum atomic E-state index is -0.794. The van der Waals surface area contributed by atoms with Crippen molar-refractivity contribution in [3.05, 3.63) is 12.7 Å². The Morgan fingerprint density at radius 2 is 2.08 bits per heavy atom. The standard InChI is InChI=1S/C15H19N5O4S/c1-4-25-14(21)10-8-9(24-15(2,3)23-8)13(22-10)20-6-19-7-11(16)17-5-18-12(7)20/h5-6,8-10,13H,4H2,1-3H3,(H2,16,17,18). The Kier molecular flexibility index (Phi) is 3.95. The van der Waals surface area contributed by atoms with Crippen LogP contribution in [0.3, 0.4) is 0 Å². The van der Waals surface area contributed by atoms with Gasteiger partial charge in [0, 0.05) is 0 Å². The molecule has 0 saturated carbocycles. The van der Waals surface area contributed by atoms with Gasteiger partial charge in [-0.25, -0.2) is 15.0 Å². The second-order valence-electron chi connectivity index (χ2n) is 6.35. The fourth-order valence-electron chi connectivity index (χ4n) is 3.27. The first kappa shape index (κ1) is 16.7. The van der Waals surface area contributed by atoms with Crippen molar-refractivity contribution in [2.24, 2.45) is 0 Å². The van der Waals surface area contributed by atoms with Crippen molar-refractivity contribution in [1.82, 2.24) is 19.5 Å². The van der Waals surface area contributed by atoms with Gasteiger partial charge in [0.05, 0.1) is 6.33 Å². The Labute approximate surface area is 148 Å². The van der Waals surface area contributed by atoms with E-state index in [0.29, 0.717) is 16.9 Å². The maximum Gasteiger partial charge on any atom is 0.220 e. The van der Waals surface area contributed by atoms with Gasteiger partial charge in [0.15, 0.2) is 29.6 Å². The van der Waals surface area contributed by atoms with E-state index in [4.69, 9.17) is 19.9 Å². The third kappa shape index (κ3) is 2.69. The molecule has 2 aromatic heterocycles. The lowest BCUT2D eigenvalue weighted by Gasteiger charge is -2.24. The van der Waals surface area contributed by atoms with Crippen LogP contribution in [0.4, 0.5) is 5.82 Å². The molecule has 0 aromatic carbocycles. The van der Waals surface area contributed by atoms with Gasteiger partial charge in [-0.05, 0) is 19.6 Å². The van der Waals surface area contributed by atoms with E-state index in [1.807, 2.05) is 20.8 Å². The van der Waals surface area contributed by atoms with Crippen molar-refractivity contribution >= 4 is 33.9 Å². The van der Waals surface area contributed by atoms with Crippen LogP contribution in [0.15, 0.2) is 12.7 Å². The number of nitrogen functional groups attached to an aromatic ring is 1. The van der Waals surface area contributed by atoms with Crippen molar-refractivity contribution in [2.45, 2.75) is 51.1 Å². The highest BCUT2D eigenvalue weighted by atomic mass is 32.2. The van der Waals surface area contributed by atoms with Crippen molar-refractivity contribution < 1.29 is 19.0 Å². The van der Waals surface area contributed by atoms with Gasteiger partial charge in [0.2, 0.25) is 5.12 Å². The number of imidazole rings is 1. The zero-order valence-electron chi connectivity index (χ0n) is 14.1. The zero-order chi connectivity index (χ0) is 17.8. The Balaban J connectivity index is 1.73. The molecule has 0 spiro atoms. The molecule has 2 aliphatic rings.